The summed E-state index contributed by atoms with van der Waals surface area (Å²) in [5.74, 6) is 0.872. The van der Waals surface area contributed by atoms with Crippen molar-refractivity contribution in [2.24, 2.45) is 0 Å². The summed E-state index contributed by atoms with van der Waals surface area (Å²) in [5.41, 5.74) is -0.0832. The van der Waals surface area contributed by atoms with Gasteiger partial charge in [-0.1, -0.05) is 18.2 Å². The molecule has 9 heteroatoms. The van der Waals surface area contributed by atoms with E-state index in [1.54, 1.807) is 24.9 Å². The number of hydrogen-bond acceptors (Lipinski definition) is 5. The highest BCUT2D eigenvalue weighted by Gasteiger charge is 2.39. The molecule has 5 nitrogen and oxygen atoms in total. The molecule has 1 amide bonds. The second kappa shape index (κ2) is 11.2. The van der Waals surface area contributed by atoms with Crippen LogP contribution in [0.3, 0.4) is 0 Å². The van der Waals surface area contributed by atoms with Gasteiger partial charge in [0, 0.05) is 42.9 Å². The Morgan fingerprint density at radius 2 is 1.86 bits per heavy atom. The van der Waals surface area contributed by atoms with Gasteiger partial charge >= 0.3 is 6.18 Å². The standard InChI is InChI=1S/C26H32F3N3O2S/c1-30-11-4-12-31(14-13-30)25(33)24-16-23(35-22-9-7-21(34-2)8-10-22)18-32(24)17-19-5-3-6-20(15-19)26(27,28)29/h3,5-10,15,23-24H,4,11-14,16-18H2,1-2H3/t23-,24+/m1/s1. The van der Waals surface area contributed by atoms with E-state index in [1.165, 1.54) is 12.1 Å². The Kier molecular flexibility index (Phi) is 8.29. The van der Waals surface area contributed by atoms with E-state index in [2.05, 4.69) is 16.8 Å². The van der Waals surface area contributed by atoms with Gasteiger partial charge in [0.05, 0.1) is 18.7 Å². The number of thioether (sulfide) groups is 1. The molecule has 2 aliphatic heterocycles. The lowest BCUT2D eigenvalue weighted by Crippen LogP contribution is -2.46. The molecule has 4 rings (SSSR count). The molecule has 2 atom stereocenters. The molecule has 35 heavy (non-hydrogen) atoms. The zero-order valence-electron chi connectivity index (χ0n) is 20.1. The first-order valence-corrected chi connectivity index (χ1v) is 12.8. The third kappa shape index (κ3) is 6.71. The fourth-order valence-corrected chi connectivity index (χ4v) is 6.01. The number of alkyl halides is 3. The lowest BCUT2D eigenvalue weighted by Gasteiger charge is -2.29. The Bertz CT molecular complexity index is 1000. The highest BCUT2D eigenvalue weighted by Crippen LogP contribution is 2.36. The van der Waals surface area contributed by atoms with Gasteiger partial charge in [-0.2, -0.15) is 13.2 Å². The van der Waals surface area contributed by atoms with Gasteiger partial charge in [0.1, 0.15) is 5.75 Å². The van der Waals surface area contributed by atoms with Crippen LogP contribution in [0.5, 0.6) is 5.75 Å². The minimum atomic E-state index is -4.39. The lowest BCUT2D eigenvalue weighted by molar-refractivity contribution is -0.138. The third-order valence-corrected chi connectivity index (χ3v) is 7.90. The highest BCUT2D eigenvalue weighted by atomic mass is 32.2. The maximum Gasteiger partial charge on any atom is 0.416 e. The molecule has 0 saturated carbocycles. The molecule has 2 aromatic carbocycles. The number of likely N-dealkylation sites (N-methyl/N-ethyl adjacent to an activating group) is 1. The van der Waals surface area contributed by atoms with Crippen LogP contribution in [0.25, 0.3) is 0 Å². The number of carbonyl (C=O) groups is 1. The Hall–Kier alpha value is -2.23. The van der Waals surface area contributed by atoms with Crippen molar-refractivity contribution in [2.75, 3.05) is 46.9 Å². The number of nitrogens with zero attached hydrogens (tertiary/aromatic N) is 3. The van der Waals surface area contributed by atoms with Crippen LogP contribution in [0.4, 0.5) is 13.2 Å². The zero-order valence-corrected chi connectivity index (χ0v) is 20.9. The second-order valence-electron chi connectivity index (χ2n) is 9.28. The van der Waals surface area contributed by atoms with Crippen molar-refractivity contribution >= 4 is 17.7 Å². The number of ether oxygens (including phenoxy) is 1. The summed E-state index contributed by atoms with van der Waals surface area (Å²) in [6, 6.07) is 12.9. The van der Waals surface area contributed by atoms with Crippen LogP contribution >= 0.6 is 11.8 Å². The molecular formula is C26H32F3N3O2S. The van der Waals surface area contributed by atoms with Gasteiger partial charge in [0.25, 0.3) is 0 Å². The van der Waals surface area contributed by atoms with E-state index < -0.39 is 11.7 Å². The molecule has 190 valence electrons. The smallest absolute Gasteiger partial charge is 0.416 e. The normalized spacial score (nSPS) is 22.3. The number of likely N-dealkylation sites (tertiary alicyclic amines) is 1. The average Bonchev–Trinajstić information content (AvgIpc) is 3.08. The molecular weight excluding hydrogens is 475 g/mol. The van der Waals surface area contributed by atoms with Gasteiger partial charge in [0.2, 0.25) is 5.91 Å². The van der Waals surface area contributed by atoms with E-state index in [-0.39, 0.29) is 17.2 Å². The van der Waals surface area contributed by atoms with Gasteiger partial charge in [-0.25, -0.2) is 0 Å². The molecule has 2 heterocycles. The van der Waals surface area contributed by atoms with Crippen LogP contribution in [0, 0.1) is 0 Å². The van der Waals surface area contributed by atoms with Crippen molar-refractivity contribution in [3.05, 3.63) is 59.7 Å². The summed E-state index contributed by atoms with van der Waals surface area (Å²) in [7, 11) is 3.69. The van der Waals surface area contributed by atoms with Crippen molar-refractivity contribution in [2.45, 2.75) is 41.7 Å². The minimum Gasteiger partial charge on any atom is -0.497 e. The van der Waals surface area contributed by atoms with Gasteiger partial charge in [-0.05, 0) is 62.3 Å². The summed E-state index contributed by atoms with van der Waals surface area (Å²) in [5, 5.41) is 0.165. The predicted molar refractivity (Wildman–Crippen MR) is 132 cm³/mol. The van der Waals surface area contributed by atoms with Crippen LogP contribution in [0.1, 0.15) is 24.0 Å². The molecule has 2 saturated heterocycles. The first kappa shape index (κ1) is 25.9. The van der Waals surface area contributed by atoms with E-state index >= 15 is 0 Å². The van der Waals surface area contributed by atoms with Crippen molar-refractivity contribution in [3.8, 4) is 5.75 Å². The predicted octanol–water partition coefficient (Wildman–Crippen LogP) is 4.61. The van der Waals surface area contributed by atoms with Crippen LogP contribution in [0.2, 0.25) is 0 Å². The van der Waals surface area contributed by atoms with Crippen molar-refractivity contribution in [1.29, 1.82) is 0 Å². The summed E-state index contributed by atoms with van der Waals surface area (Å²) >= 11 is 1.71. The van der Waals surface area contributed by atoms with Gasteiger partial charge in [-0.3, -0.25) is 9.69 Å². The van der Waals surface area contributed by atoms with Crippen molar-refractivity contribution < 1.29 is 22.7 Å². The number of methoxy groups -OCH3 is 1. The van der Waals surface area contributed by atoms with Crippen LogP contribution in [-0.4, -0.2) is 78.8 Å². The maximum atomic E-state index is 13.6. The Balaban J connectivity index is 1.52. The molecule has 2 fully saturated rings. The average molecular weight is 508 g/mol. The summed E-state index contributed by atoms with van der Waals surface area (Å²) in [4.78, 5) is 20.9. The van der Waals surface area contributed by atoms with Crippen LogP contribution < -0.4 is 4.74 Å². The second-order valence-corrected chi connectivity index (χ2v) is 10.7. The number of amides is 1. The minimum absolute atomic E-state index is 0.0881. The summed E-state index contributed by atoms with van der Waals surface area (Å²) in [6.45, 7) is 4.13. The molecule has 0 aliphatic carbocycles. The van der Waals surface area contributed by atoms with Crippen molar-refractivity contribution in [3.63, 3.8) is 0 Å². The Morgan fingerprint density at radius 1 is 1.09 bits per heavy atom. The number of halogens is 3. The largest absolute Gasteiger partial charge is 0.497 e. The molecule has 0 radical (unpaired) electrons. The topological polar surface area (TPSA) is 36.0 Å². The molecule has 0 spiro atoms. The van der Waals surface area contributed by atoms with E-state index in [4.69, 9.17) is 4.74 Å². The quantitative estimate of drug-likeness (QED) is 0.571. The van der Waals surface area contributed by atoms with E-state index in [0.717, 1.165) is 36.2 Å². The van der Waals surface area contributed by atoms with Crippen LogP contribution in [0.15, 0.2) is 53.4 Å². The Labute approximate surface area is 209 Å². The molecule has 0 unspecified atom stereocenters. The fraction of sp³-hybridized carbons (Fsp3) is 0.500. The number of carbonyl (C=O) groups excluding carboxylic acids is 1. The number of hydrogen-bond donors (Lipinski definition) is 0. The van der Waals surface area contributed by atoms with Gasteiger partial charge < -0.3 is 14.5 Å². The number of benzene rings is 2. The fourth-order valence-electron chi connectivity index (χ4n) is 4.78. The monoisotopic (exact) mass is 507 g/mol. The zero-order chi connectivity index (χ0) is 25.0. The summed E-state index contributed by atoms with van der Waals surface area (Å²) in [6.07, 6.45) is -2.80. The van der Waals surface area contributed by atoms with E-state index in [1.807, 2.05) is 29.2 Å². The molecule has 0 bridgehead atoms. The molecule has 2 aromatic rings. The SMILES string of the molecule is COc1ccc(S[C@@H]2C[C@@H](C(=O)N3CCCN(C)CC3)N(Cc3cccc(C(F)(F)F)c3)C2)cc1. The van der Waals surface area contributed by atoms with Crippen LogP contribution in [-0.2, 0) is 17.5 Å². The lowest BCUT2D eigenvalue weighted by atomic mass is 10.1. The summed E-state index contributed by atoms with van der Waals surface area (Å²) < 4.78 is 45.0. The number of rotatable bonds is 6. The first-order chi connectivity index (χ1) is 16.7. The maximum absolute atomic E-state index is 13.6. The van der Waals surface area contributed by atoms with Gasteiger partial charge in [0.15, 0.2) is 0 Å². The molecule has 0 aromatic heterocycles. The molecule has 0 N–H and O–H groups in total. The van der Waals surface area contributed by atoms with E-state index in [9.17, 15) is 18.0 Å². The van der Waals surface area contributed by atoms with Gasteiger partial charge in [-0.15, -0.1) is 11.8 Å². The molecule has 2 aliphatic rings. The van der Waals surface area contributed by atoms with E-state index in [0.29, 0.717) is 38.2 Å². The Morgan fingerprint density at radius 3 is 2.57 bits per heavy atom. The third-order valence-electron chi connectivity index (χ3n) is 6.68. The highest BCUT2D eigenvalue weighted by molar-refractivity contribution is 8.00. The first-order valence-electron chi connectivity index (χ1n) is 11.9. The van der Waals surface area contributed by atoms with Crippen molar-refractivity contribution in [1.82, 2.24) is 14.7 Å².